The van der Waals surface area contributed by atoms with Crippen molar-refractivity contribution in [2.24, 2.45) is 17.0 Å². The van der Waals surface area contributed by atoms with Crippen LogP contribution in [-0.2, 0) is 33.4 Å². The molecule has 1 aromatic heterocycles. The molecule has 14 heteroatoms. The highest BCUT2D eigenvalue weighted by molar-refractivity contribution is 8.00. The van der Waals surface area contributed by atoms with Gasteiger partial charge in [-0.1, -0.05) is 5.16 Å². The zero-order chi connectivity index (χ0) is 23.0. The second-order valence-corrected chi connectivity index (χ2v) is 9.48. The maximum absolute atomic E-state index is 13.0. The molecule has 1 amide bonds. The molecule has 3 saturated heterocycles. The van der Waals surface area contributed by atoms with E-state index in [2.05, 4.69) is 14.8 Å². The standard InChI is InChI=1S/C18H15BN4O7S2/c1-8-21-11(7-31-8)14(22-28-3-2-20)12(24)5-10-15(26)23-16(10)32-6-9-4-13(25)29-18(9,23)17(27)30-19/h7,9-10,16H,3-6H2,1H3/b22-14-/t9-,10+,16+,18+/m0/s1. The molecule has 3 fully saturated rings. The number of hydrogen-bond donors (Lipinski definition) is 0. The van der Waals surface area contributed by atoms with Gasteiger partial charge in [0.25, 0.3) is 5.72 Å². The third-order valence-corrected chi connectivity index (χ3v) is 7.68. The van der Waals surface area contributed by atoms with Crippen LogP contribution in [0.1, 0.15) is 23.5 Å². The maximum Gasteiger partial charge on any atom is 0.378 e. The molecule has 2 radical (unpaired) electrons. The molecular weight excluding hydrogens is 459 g/mol. The number of aryl methyl sites for hydroxylation is 1. The van der Waals surface area contributed by atoms with E-state index in [1.807, 2.05) is 0 Å². The van der Waals surface area contributed by atoms with Crippen LogP contribution in [0.25, 0.3) is 0 Å². The number of ketones is 1. The van der Waals surface area contributed by atoms with Gasteiger partial charge in [-0.15, -0.1) is 23.1 Å². The molecule has 3 aliphatic heterocycles. The molecule has 32 heavy (non-hydrogen) atoms. The molecular formula is C18H15BN4O7S2. The number of rotatable bonds is 7. The highest BCUT2D eigenvalue weighted by Crippen LogP contribution is 2.54. The first-order chi connectivity index (χ1) is 15.3. The molecule has 11 nitrogen and oxygen atoms in total. The van der Waals surface area contributed by atoms with Crippen molar-refractivity contribution in [1.29, 1.82) is 5.26 Å². The highest BCUT2D eigenvalue weighted by atomic mass is 32.2. The minimum absolute atomic E-state index is 0.0432. The van der Waals surface area contributed by atoms with Gasteiger partial charge in [0.15, 0.2) is 11.5 Å². The van der Waals surface area contributed by atoms with Crippen LogP contribution in [0.15, 0.2) is 10.5 Å². The Morgan fingerprint density at radius 2 is 2.28 bits per heavy atom. The zero-order valence-corrected chi connectivity index (χ0v) is 18.3. The zero-order valence-electron chi connectivity index (χ0n) is 16.7. The lowest BCUT2D eigenvalue weighted by Crippen LogP contribution is -2.75. The minimum Gasteiger partial charge on any atom is -0.539 e. The number of nitriles is 1. The lowest BCUT2D eigenvalue weighted by Gasteiger charge is -2.57. The normalized spacial score (nSPS) is 28.7. The Morgan fingerprint density at radius 3 is 2.94 bits per heavy atom. The average molecular weight is 474 g/mol. The van der Waals surface area contributed by atoms with Gasteiger partial charge in [-0.05, 0) is 6.92 Å². The molecule has 164 valence electrons. The number of oxime groups is 1. The predicted octanol–water partition coefficient (Wildman–Crippen LogP) is 0.0724. The lowest BCUT2D eigenvalue weighted by atomic mass is 9.84. The van der Waals surface area contributed by atoms with E-state index in [1.165, 1.54) is 23.1 Å². The molecule has 4 rings (SSSR count). The van der Waals surface area contributed by atoms with Gasteiger partial charge in [-0.2, -0.15) is 5.26 Å². The SMILES string of the molecule is [B]OC(=O)[C@]12OC(=O)C[C@H]1CS[C@@H]1[C@H](CC(=O)/C(=N\OCC#N)c3csc(C)n3)C(=O)N12. The molecule has 0 aromatic carbocycles. The van der Waals surface area contributed by atoms with Crippen LogP contribution in [-0.4, -0.2) is 70.7 Å². The van der Waals surface area contributed by atoms with E-state index >= 15 is 0 Å². The molecule has 0 bridgehead atoms. The first-order valence-electron chi connectivity index (χ1n) is 9.43. The minimum atomic E-state index is -1.91. The van der Waals surface area contributed by atoms with Crippen LogP contribution in [0.3, 0.4) is 0 Å². The van der Waals surface area contributed by atoms with Gasteiger partial charge in [0.05, 0.1) is 22.7 Å². The summed E-state index contributed by atoms with van der Waals surface area (Å²) in [6, 6.07) is 1.75. The maximum atomic E-state index is 13.0. The molecule has 3 aliphatic rings. The van der Waals surface area contributed by atoms with Crippen LogP contribution in [0.4, 0.5) is 0 Å². The summed E-state index contributed by atoms with van der Waals surface area (Å²) in [4.78, 5) is 60.7. The number of β-lactam (4-membered cyclic amide) rings is 1. The first kappa shape index (κ1) is 22.3. The summed E-state index contributed by atoms with van der Waals surface area (Å²) in [6.45, 7) is 1.40. The number of Topliss-reactive ketones (excluding diaryl/α,β-unsaturated/α-hetero) is 1. The van der Waals surface area contributed by atoms with Crippen molar-refractivity contribution in [1.82, 2.24) is 9.88 Å². The van der Waals surface area contributed by atoms with E-state index in [-0.39, 0.29) is 30.9 Å². The van der Waals surface area contributed by atoms with Crippen molar-refractivity contribution in [3.05, 3.63) is 16.1 Å². The van der Waals surface area contributed by atoms with E-state index in [0.29, 0.717) is 10.8 Å². The smallest absolute Gasteiger partial charge is 0.378 e. The molecule has 0 aliphatic carbocycles. The van der Waals surface area contributed by atoms with Crippen molar-refractivity contribution in [3.63, 3.8) is 0 Å². The van der Waals surface area contributed by atoms with Gasteiger partial charge in [0.2, 0.25) is 12.5 Å². The van der Waals surface area contributed by atoms with Crippen LogP contribution >= 0.6 is 23.1 Å². The number of amides is 1. The summed E-state index contributed by atoms with van der Waals surface area (Å²) in [5.74, 6) is -3.73. The number of nitrogens with zero attached hydrogens (tertiary/aromatic N) is 4. The van der Waals surface area contributed by atoms with E-state index in [9.17, 15) is 19.2 Å². The number of carbonyl (C=O) groups excluding carboxylic acids is 4. The third-order valence-electron chi connectivity index (χ3n) is 5.43. The van der Waals surface area contributed by atoms with Gasteiger partial charge in [0, 0.05) is 23.5 Å². The summed E-state index contributed by atoms with van der Waals surface area (Å²) >= 11 is 2.66. The van der Waals surface area contributed by atoms with Crippen molar-refractivity contribution < 1.29 is 33.4 Å². The molecule has 4 heterocycles. The molecule has 4 atom stereocenters. The summed E-state index contributed by atoms with van der Waals surface area (Å²) in [5.41, 5.74) is -1.72. The molecule has 0 spiro atoms. The van der Waals surface area contributed by atoms with Crippen LogP contribution in [0.5, 0.6) is 0 Å². The first-order valence-corrected chi connectivity index (χ1v) is 11.4. The number of thiazole rings is 1. The Hall–Kier alpha value is -2.92. The number of fused-ring (bicyclic) bond motifs is 3. The van der Waals surface area contributed by atoms with Gasteiger partial charge in [0.1, 0.15) is 11.8 Å². The number of ether oxygens (including phenoxy) is 1. The second-order valence-electron chi connectivity index (χ2n) is 7.27. The van der Waals surface area contributed by atoms with Crippen molar-refractivity contribution in [2.45, 2.75) is 30.9 Å². The fourth-order valence-electron chi connectivity index (χ4n) is 4.05. The van der Waals surface area contributed by atoms with E-state index in [1.54, 1.807) is 18.4 Å². The second kappa shape index (κ2) is 8.55. The number of thioether (sulfide) groups is 1. The predicted molar refractivity (Wildman–Crippen MR) is 110 cm³/mol. The average Bonchev–Trinajstić information content (AvgIpc) is 3.35. The Kier molecular flexibility index (Phi) is 5.96. The van der Waals surface area contributed by atoms with E-state index in [0.717, 1.165) is 4.90 Å². The number of esters is 1. The summed E-state index contributed by atoms with van der Waals surface area (Å²) in [7, 11) is 5.06. The van der Waals surface area contributed by atoms with E-state index in [4.69, 9.17) is 22.9 Å². The highest BCUT2D eigenvalue weighted by Gasteiger charge is 2.71. The van der Waals surface area contributed by atoms with Crippen molar-refractivity contribution in [3.8, 4) is 6.07 Å². The molecule has 0 unspecified atom stereocenters. The topological polar surface area (TPSA) is 148 Å². The fraction of sp³-hybridized carbons (Fsp3) is 0.500. The van der Waals surface area contributed by atoms with Crippen molar-refractivity contribution >= 4 is 60.5 Å². The molecule has 0 saturated carbocycles. The number of aromatic nitrogens is 1. The van der Waals surface area contributed by atoms with Crippen LogP contribution < -0.4 is 0 Å². The summed E-state index contributed by atoms with van der Waals surface area (Å²) in [5, 5.41) is 14.1. The number of hydrogen-bond acceptors (Lipinski definition) is 12. The third kappa shape index (κ3) is 3.45. The van der Waals surface area contributed by atoms with Gasteiger partial charge in [-0.25, -0.2) is 9.78 Å². The molecule has 1 aromatic rings. The Morgan fingerprint density at radius 1 is 1.50 bits per heavy atom. The molecule has 0 N–H and O–H groups in total. The van der Waals surface area contributed by atoms with Gasteiger partial charge in [-0.3, -0.25) is 19.3 Å². The lowest BCUT2D eigenvalue weighted by molar-refractivity contribution is -0.217. The van der Waals surface area contributed by atoms with E-state index < -0.39 is 46.6 Å². The van der Waals surface area contributed by atoms with Crippen molar-refractivity contribution in [2.75, 3.05) is 12.4 Å². The summed E-state index contributed by atoms with van der Waals surface area (Å²) < 4.78 is 9.64. The van der Waals surface area contributed by atoms with Gasteiger partial charge >= 0.3 is 20.0 Å². The number of carbonyl (C=O) groups is 4. The Labute approximate surface area is 191 Å². The Balaban J connectivity index is 1.56. The quantitative estimate of drug-likeness (QED) is 0.133. The van der Waals surface area contributed by atoms with Crippen LogP contribution in [0.2, 0.25) is 0 Å². The Bertz CT molecular complexity index is 1070. The summed E-state index contributed by atoms with van der Waals surface area (Å²) in [6.07, 6.45) is -0.275. The fourth-order valence-corrected chi connectivity index (χ4v) is 6.28. The van der Waals surface area contributed by atoms with Gasteiger partial charge < -0.3 is 14.2 Å². The monoisotopic (exact) mass is 474 g/mol. The largest absolute Gasteiger partial charge is 0.539 e. The van der Waals surface area contributed by atoms with Crippen LogP contribution in [0, 0.1) is 30.1 Å².